The molecule has 1 aromatic carbocycles. The number of nitro benzene ring substituents is 1. The van der Waals surface area contributed by atoms with Crippen molar-refractivity contribution >= 4 is 23.4 Å². The summed E-state index contributed by atoms with van der Waals surface area (Å²) in [6, 6.07) is 7.37. The Balaban J connectivity index is 1.57. The maximum Gasteiger partial charge on any atom is 0.321 e. The predicted molar refractivity (Wildman–Crippen MR) is 87.9 cm³/mol. The second-order valence-corrected chi connectivity index (χ2v) is 5.26. The second kappa shape index (κ2) is 6.90. The van der Waals surface area contributed by atoms with Crippen LogP contribution in [0.25, 0.3) is 0 Å². The Morgan fingerprint density at radius 3 is 2.50 bits per heavy atom. The van der Waals surface area contributed by atoms with Crippen molar-refractivity contribution in [1.82, 2.24) is 14.9 Å². The lowest BCUT2D eigenvalue weighted by Gasteiger charge is -2.34. The van der Waals surface area contributed by atoms with Crippen LogP contribution < -0.4 is 10.2 Å². The number of piperazine rings is 1. The molecule has 124 valence electrons. The fourth-order valence-corrected chi connectivity index (χ4v) is 2.46. The minimum absolute atomic E-state index is 0.0566. The summed E-state index contributed by atoms with van der Waals surface area (Å²) in [5.74, 6) is 0.649. The number of nitro groups is 1. The van der Waals surface area contributed by atoms with Gasteiger partial charge in [0, 0.05) is 56.4 Å². The van der Waals surface area contributed by atoms with Crippen LogP contribution in [-0.2, 0) is 0 Å². The number of aromatic nitrogens is 2. The summed E-state index contributed by atoms with van der Waals surface area (Å²) < 4.78 is 0. The smallest absolute Gasteiger partial charge is 0.321 e. The van der Waals surface area contributed by atoms with Gasteiger partial charge in [-0.3, -0.25) is 10.1 Å². The van der Waals surface area contributed by atoms with E-state index in [2.05, 4.69) is 15.3 Å². The summed E-state index contributed by atoms with van der Waals surface area (Å²) >= 11 is 0. The van der Waals surface area contributed by atoms with Crippen LogP contribution in [0.3, 0.4) is 0 Å². The largest absolute Gasteiger partial charge is 0.337 e. The Morgan fingerprint density at radius 1 is 1.12 bits per heavy atom. The predicted octanol–water partition coefficient (Wildman–Crippen LogP) is 1.74. The topological polar surface area (TPSA) is 104 Å². The van der Waals surface area contributed by atoms with Gasteiger partial charge >= 0.3 is 6.03 Å². The van der Waals surface area contributed by atoms with Crippen LogP contribution in [0.4, 0.5) is 22.1 Å². The molecule has 1 fully saturated rings. The van der Waals surface area contributed by atoms with Gasteiger partial charge in [-0.15, -0.1) is 0 Å². The Bertz CT molecular complexity index is 731. The van der Waals surface area contributed by atoms with Crippen molar-refractivity contribution in [2.45, 2.75) is 0 Å². The maximum absolute atomic E-state index is 12.3. The summed E-state index contributed by atoms with van der Waals surface area (Å²) in [6.07, 6.45) is 3.37. The number of amides is 2. The van der Waals surface area contributed by atoms with Gasteiger partial charge in [0.2, 0.25) is 5.95 Å². The van der Waals surface area contributed by atoms with E-state index in [0.717, 1.165) is 0 Å². The minimum Gasteiger partial charge on any atom is -0.337 e. The molecule has 1 saturated heterocycles. The first kappa shape index (κ1) is 15.7. The number of carbonyl (C=O) groups excluding carboxylic acids is 1. The lowest BCUT2D eigenvalue weighted by molar-refractivity contribution is -0.384. The van der Waals surface area contributed by atoms with Gasteiger partial charge in [-0.05, 0) is 12.1 Å². The molecule has 0 radical (unpaired) electrons. The van der Waals surface area contributed by atoms with Crippen molar-refractivity contribution in [3.63, 3.8) is 0 Å². The molecule has 9 heteroatoms. The third-order valence-electron chi connectivity index (χ3n) is 3.71. The van der Waals surface area contributed by atoms with E-state index in [1.54, 1.807) is 35.5 Å². The molecular formula is C15H16N6O3. The monoisotopic (exact) mass is 328 g/mol. The van der Waals surface area contributed by atoms with E-state index in [4.69, 9.17) is 0 Å². The molecule has 0 aliphatic carbocycles. The third-order valence-corrected chi connectivity index (χ3v) is 3.71. The van der Waals surface area contributed by atoms with E-state index in [1.807, 2.05) is 4.90 Å². The number of rotatable bonds is 3. The average Bonchev–Trinajstić information content (AvgIpc) is 2.63. The second-order valence-electron chi connectivity index (χ2n) is 5.26. The number of nitrogens with one attached hydrogen (secondary N) is 1. The zero-order valence-electron chi connectivity index (χ0n) is 12.8. The molecule has 3 rings (SSSR count). The van der Waals surface area contributed by atoms with E-state index in [9.17, 15) is 14.9 Å². The van der Waals surface area contributed by atoms with E-state index in [1.165, 1.54) is 12.1 Å². The molecule has 2 aromatic rings. The van der Waals surface area contributed by atoms with Crippen molar-refractivity contribution in [2.24, 2.45) is 0 Å². The van der Waals surface area contributed by atoms with Crippen LogP contribution in [0.1, 0.15) is 0 Å². The minimum atomic E-state index is -0.492. The number of anilines is 2. The molecule has 0 atom stereocenters. The third kappa shape index (κ3) is 3.57. The van der Waals surface area contributed by atoms with Crippen LogP contribution in [0.5, 0.6) is 0 Å². The first-order chi connectivity index (χ1) is 11.6. The van der Waals surface area contributed by atoms with Crippen LogP contribution in [0.15, 0.2) is 42.7 Å². The molecule has 1 aliphatic rings. The molecule has 0 unspecified atom stereocenters. The fraction of sp³-hybridized carbons (Fsp3) is 0.267. The van der Waals surface area contributed by atoms with E-state index in [0.29, 0.717) is 37.8 Å². The lowest BCUT2D eigenvalue weighted by atomic mass is 10.3. The summed E-state index contributed by atoms with van der Waals surface area (Å²) in [7, 11) is 0. The first-order valence-corrected chi connectivity index (χ1v) is 7.46. The summed E-state index contributed by atoms with van der Waals surface area (Å²) in [6.45, 7) is 2.32. The molecule has 1 aliphatic heterocycles. The molecule has 1 aromatic heterocycles. The van der Waals surface area contributed by atoms with Crippen molar-refractivity contribution in [1.29, 1.82) is 0 Å². The van der Waals surface area contributed by atoms with Crippen molar-refractivity contribution < 1.29 is 9.72 Å². The molecule has 1 N–H and O–H groups in total. The Labute approximate surface area is 138 Å². The van der Waals surface area contributed by atoms with Crippen molar-refractivity contribution in [2.75, 3.05) is 36.4 Å². The highest BCUT2D eigenvalue weighted by molar-refractivity contribution is 5.89. The molecule has 0 spiro atoms. The highest BCUT2D eigenvalue weighted by atomic mass is 16.6. The van der Waals surface area contributed by atoms with Gasteiger partial charge in [-0.1, -0.05) is 6.07 Å². The van der Waals surface area contributed by atoms with E-state index >= 15 is 0 Å². The number of nitrogens with zero attached hydrogens (tertiary/aromatic N) is 5. The first-order valence-electron chi connectivity index (χ1n) is 7.46. The standard InChI is InChI=1S/C15H16N6O3/c22-15(18-12-3-1-4-13(11-12)21(23)24)20-9-7-19(8-10-20)14-16-5-2-6-17-14/h1-6,11H,7-10H2,(H,18,22). The zero-order chi connectivity index (χ0) is 16.9. The molecule has 9 nitrogen and oxygen atoms in total. The number of carbonyl (C=O) groups is 1. The average molecular weight is 328 g/mol. The van der Waals surface area contributed by atoms with Gasteiger partial charge in [0.1, 0.15) is 0 Å². The number of urea groups is 1. The molecule has 24 heavy (non-hydrogen) atoms. The van der Waals surface area contributed by atoms with Crippen LogP contribution in [-0.4, -0.2) is 52.0 Å². The summed E-state index contributed by atoms with van der Waals surface area (Å²) in [5.41, 5.74) is 0.349. The normalized spacial score (nSPS) is 14.3. The lowest BCUT2D eigenvalue weighted by Crippen LogP contribution is -2.50. The fourth-order valence-electron chi connectivity index (χ4n) is 2.46. The maximum atomic E-state index is 12.3. The Morgan fingerprint density at radius 2 is 1.83 bits per heavy atom. The van der Waals surface area contributed by atoms with E-state index < -0.39 is 4.92 Å². The summed E-state index contributed by atoms with van der Waals surface area (Å²) in [4.78, 5) is 34.6. The van der Waals surface area contributed by atoms with Gasteiger partial charge in [-0.25, -0.2) is 14.8 Å². The van der Waals surface area contributed by atoms with Crippen molar-refractivity contribution in [3.05, 3.63) is 52.8 Å². The van der Waals surface area contributed by atoms with Crippen LogP contribution in [0.2, 0.25) is 0 Å². The zero-order valence-corrected chi connectivity index (χ0v) is 12.8. The molecule has 0 bridgehead atoms. The van der Waals surface area contributed by atoms with Crippen LogP contribution >= 0.6 is 0 Å². The van der Waals surface area contributed by atoms with Gasteiger partial charge < -0.3 is 15.1 Å². The molecule has 0 saturated carbocycles. The highest BCUT2D eigenvalue weighted by Crippen LogP contribution is 2.18. The van der Waals surface area contributed by atoms with Gasteiger partial charge in [0.05, 0.1) is 4.92 Å². The summed E-state index contributed by atoms with van der Waals surface area (Å²) in [5, 5.41) is 13.5. The molecule has 2 heterocycles. The van der Waals surface area contributed by atoms with Gasteiger partial charge in [-0.2, -0.15) is 0 Å². The number of hydrogen-bond donors (Lipinski definition) is 1. The van der Waals surface area contributed by atoms with Gasteiger partial charge in [0.15, 0.2) is 0 Å². The number of hydrogen-bond acceptors (Lipinski definition) is 6. The Kier molecular flexibility index (Phi) is 4.50. The molecule has 2 amide bonds. The highest BCUT2D eigenvalue weighted by Gasteiger charge is 2.22. The van der Waals surface area contributed by atoms with Gasteiger partial charge in [0.25, 0.3) is 5.69 Å². The van der Waals surface area contributed by atoms with E-state index in [-0.39, 0.29) is 11.7 Å². The van der Waals surface area contributed by atoms with Crippen molar-refractivity contribution in [3.8, 4) is 0 Å². The number of benzene rings is 1. The Hall–Kier alpha value is -3.23. The molecular weight excluding hydrogens is 312 g/mol. The number of non-ortho nitro benzene ring substituents is 1. The van der Waals surface area contributed by atoms with Crippen LogP contribution in [0, 0.1) is 10.1 Å². The quantitative estimate of drug-likeness (QED) is 0.680. The SMILES string of the molecule is O=C(Nc1cccc([N+](=O)[O-])c1)N1CCN(c2ncccn2)CC1.